The van der Waals surface area contributed by atoms with Crippen LogP contribution in [0, 0.1) is 6.92 Å². The zero-order valence-corrected chi connectivity index (χ0v) is 19.6. The van der Waals surface area contributed by atoms with E-state index in [4.69, 9.17) is 9.57 Å². The Kier molecular flexibility index (Phi) is 6.95. The third-order valence-electron chi connectivity index (χ3n) is 5.89. The van der Waals surface area contributed by atoms with Crippen molar-refractivity contribution in [2.75, 3.05) is 32.6 Å². The summed E-state index contributed by atoms with van der Waals surface area (Å²) in [4.78, 5) is 34.7. The van der Waals surface area contributed by atoms with Crippen molar-refractivity contribution in [1.82, 2.24) is 20.3 Å². The second-order valence-corrected chi connectivity index (χ2v) is 8.24. The molecule has 9 heteroatoms. The van der Waals surface area contributed by atoms with Crippen LogP contribution in [0.4, 0.5) is 5.82 Å². The van der Waals surface area contributed by atoms with Gasteiger partial charge >= 0.3 is 0 Å². The smallest absolute Gasteiger partial charge is 0.297 e. The summed E-state index contributed by atoms with van der Waals surface area (Å²) in [7, 11) is 3.25. The zero-order chi connectivity index (χ0) is 24.1. The summed E-state index contributed by atoms with van der Waals surface area (Å²) in [5, 5.41) is 6.47. The fourth-order valence-corrected chi connectivity index (χ4v) is 3.91. The minimum Gasteiger partial charge on any atom is -0.492 e. The number of nitrogens with one attached hydrogen (secondary N) is 3. The van der Waals surface area contributed by atoms with Gasteiger partial charge in [0.25, 0.3) is 11.5 Å². The van der Waals surface area contributed by atoms with Crippen molar-refractivity contribution < 1.29 is 14.4 Å². The molecular weight excluding hydrogens is 434 g/mol. The number of carbonyl (C=O) groups excluding carboxylic acids is 1. The van der Waals surface area contributed by atoms with Crippen LogP contribution < -0.4 is 26.4 Å². The molecule has 3 N–H and O–H groups in total. The maximum absolute atomic E-state index is 13.4. The Morgan fingerprint density at radius 2 is 2.00 bits per heavy atom. The molecule has 2 aromatic carbocycles. The lowest BCUT2D eigenvalue weighted by atomic mass is 10.0. The molecule has 1 heterocycles. The second-order valence-electron chi connectivity index (χ2n) is 8.24. The summed E-state index contributed by atoms with van der Waals surface area (Å²) in [6, 6.07) is 13.0. The molecule has 0 radical (unpaired) electrons. The summed E-state index contributed by atoms with van der Waals surface area (Å²) in [6.07, 6.45) is 4.90. The van der Waals surface area contributed by atoms with Crippen molar-refractivity contribution in [3.05, 3.63) is 81.9 Å². The Labute approximate surface area is 198 Å². The van der Waals surface area contributed by atoms with Crippen molar-refractivity contribution in [1.29, 1.82) is 0 Å². The number of ether oxygens (including phenoxy) is 1. The van der Waals surface area contributed by atoms with Crippen LogP contribution >= 0.6 is 0 Å². The van der Waals surface area contributed by atoms with Crippen LogP contribution in [0.5, 0.6) is 5.75 Å². The van der Waals surface area contributed by atoms with Crippen LogP contribution in [0.1, 0.15) is 34.3 Å². The molecule has 0 spiro atoms. The normalized spacial score (nSPS) is 13.9. The number of para-hydroxylation sites is 1. The molecule has 1 aliphatic rings. The first-order valence-corrected chi connectivity index (χ1v) is 11.2. The molecule has 1 saturated carbocycles. The van der Waals surface area contributed by atoms with Crippen molar-refractivity contribution in [3.8, 4) is 11.4 Å². The predicted octanol–water partition coefficient (Wildman–Crippen LogP) is 2.53. The first-order chi connectivity index (χ1) is 16.5. The highest BCUT2D eigenvalue weighted by atomic mass is 16.6. The molecule has 1 aromatic heterocycles. The molecule has 1 amide bonds. The SMILES string of the molecule is CNCCOc1ccccc1C1(Nc2nccn(-c3cc(C(=O)NOC)ccc3C)c2=O)CC1. The van der Waals surface area contributed by atoms with Crippen LogP contribution in [-0.2, 0) is 10.4 Å². The summed E-state index contributed by atoms with van der Waals surface area (Å²) in [5.41, 5.74) is 4.43. The van der Waals surface area contributed by atoms with Gasteiger partial charge in [0.2, 0.25) is 0 Å². The highest BCUT2D eigenvalue weighted by Crippen LogP contribution is 2.50. The number of rotatable bonds is 10. The van der Waals surface area contributed by atoms with Crippen LogP contribution in [0.2, 0.25) is 0 Å². The Balaban J connectivity index is 1.65. The number of anilines is 1. The van der Waals surface area contributed by atoms with Crippen molar-refractivity contribution in [2.45, 2.75) is 25.3 Å². The summed E-state index contributed by atoms with van der Waals surface area (Å²) >= 11 is 0. The van der Waals surface area contributed by atoms with E-state index >= 15 is 0 Å². The third-order valence-corrected chi connectivity index (χ3v) is 5.89. The Bertz CT molecular complexity index is 1240. The molecule has 0 aliphatic heterocycles. The number of benzene rings is 2. The number of hydrogen-bond acceptors (Lipinski definition) is 7. The van der Waals surface area contributed by atoms with Gasteiger partial charge in [0.05, 0.1) is 18.3 Å². The van der Waals surface area contributed by atoms with Gasteiger partial charge in [-0.1, -0.05) is 24.3 Å². The number of nitrogens with zero attached hydrogens (tertiary/aromatic N) is 2. The van der Waals surface area contributed by atoms with Crippen molar-refractivity contribution >= 4 is 11.7 Å². The van der Waals surface area contributed by atoms with Gasteiger partial charge in [-0.15, -0.1) is 0 Å². The number of aromatic nitrogens is 2. The minimum atomic E-state index is -0.406. The largest absolute Gasteiger partial charge is 0.492 e. The van der Waals surface area contributed by atoms with Gasteiger partial charge in [0, 0.05) is 30.1 Å². The molecule has 0 saturated heterocycles. The standard InChI is InChI=1S/C25H29N5O4/c1-17-8-9-18(23(31)29-33-3)16-20(17)30-14-12-27-22(24(30)32)28-25(10-11-25)19-6-4-5-7-21(19)34-15-13-26-2/h4-9,12,14,16,26H,10-11,13,15H2,1-3H3,(H,27,28)(H,29,31). The van der Waals surface area contributed by atoms with E-state index in [1.165, 1.54) is 11.7 Å². The molecule has 0 bridgehead atoms. The number of hydrogen-bond donors (Lipinski definition) is 3. The maximum Gasteiger partial charge on any atom is 0.297 e. The number of hydroxylamine groups is 1. The third kappa shape index (κ3) is 4.80. The van der Waals surface area contributed by atoms with Crippen molar-refractivity contribution in [3.63, 3.8) is 0 Å². The fourth-order valence-electron chi connectivity index (χ4n) is 3.91. The van der Waals surface area contributed by atoms with E-state index in [2.05, 4.69) is 21.1 Å². The van der Waals surface area contributed by atoms with Crippen molar-refractivity contribution in [2.24, 2.45) is 0 Å². The van der Waals surface area contributed by atoms with E-state index in [0.29, 0.717) is 17.9 Å². The van der Waals surface area contributed by atoms with Crippen LogP contribution in [0.15, 0.2) is 59.7 Å². The zero-order valence-electron chi connectivity index (χ0n) is 19.6. The Morgan fingerprint density at radius 1 is 1.21 bits per heavy atom. The van der Waals surface area contributed by atoms with Gasteiger partial charge in [-0.05, 0) is 50.6 Å². The number of aryl methyl sites for hydroxylation is 1. The monoisotopic (exact) mass is 463 g/mol. The highest BCUT2D eigenvalue weighted by Gasteiger charge is 2.47. The lowest BCUT2D eigenvalue weighted by molar-refractivity contribution is 0.0537. The molecule has 0 atom stereocenters. The fraction of sp³-hybridized carbons (Fsp3) is 0.320. The first kappa shape index (κ1) is 23.5. The van der Waals surface area contributed by atoms with Gasteiger partial charge < -0.3 is 15.4 Å². The first-order valence-electron chi connectivity index (χ1n) is 11.2. The highest BCUT2D eigenvalue weighted by molar-refractivity contribution is 5.94. The molecule has 3 aromatic rings. The summed E-state index contributed by atoms with van der Waals surface area (Å²) in [6.45, 7) is 3.17. The second kappa shape index (κ2) is 10.1. The molecule has 178 valence electrons. The number of carbonyl (C=O) groups is 1. The van der Waals surface area contributed by atoms with Gasteiger partial charge in [-0.25, -0.2) is 10.5 Å². The molecular formula is C25H29N5O4. The molecule has 1 aliphatic carbocycles. The van der Waals surface area contributed by atoms with E-state index in [1.54, 1.807) is 30.6 Å². The average Bonchev–Trinajstić information content (AvgIpc) is 3.62. The lowest BCUT2D eigenvalue weighted by Gasteiger charge is -2.22. The quantitative estimate of drug-likeness (QED) is 0.313. The molecule has 9 nitrogen and oxygen atoms in total. The maximum atomic E-state index is 13.4. The Morgan fingerprint density at radius 3 is 2.74 bits per heavy atom. The molecule has 0 unspecified atom stereocenters. The summed E-state index contributed by atoms with van der Waals surface area (Å²) in [5.74, 6) is 0.652. The number of amides is 1. The van der Waals surface area contributed by atoms with E-state index in [1.807, 2.05) is 38.2 Å². The average molecular weight is 464 g/mol. The van der Waals surface area contributed by atoms with Gasteiger partial charge in [0.15, 0.2) is 5.82 Å². The topological polar surface area (TPSA) is 107 Å². The summed E-state index contributed by atoms with van der Waals surface area (Å²) < 4.78 is 7.48. The van der Waals surface area contributed by atoms with Crippen LogP contribution in [0.25, 0.3) is 5.69 Å². The van der Waals surface area contributed by atoms with Gasteiger partial charge in [-0.2, -0.15) is 0 Å². The molecule has 4 rings (SSSR count). The number of likely N-dealkylation sites (N-methyl/N-ethyl adjacent to an activating group) is 1. The van der Waals surface area contributed by atoms with E-state index in [9.17, 15) is 9.59 Å². The molecule has 1 fully saturated rings. The van der Waals surface area contributed by atoms with Gasteiger partial charge in [0.1, 0.15) is 12.4 Å². The van der Waals surface area contributed by atoms with E-state index < -0.39 is 11.4 Å². The Hall–Kier alpha value is -3.69. The predicted molar refractivity (Wildman–Crippen MR) is 129 cm³/mol. The van der Waals surface area contributed by atoms with E-state index in [-0.39, 0.29) is 11.4 Å². The van der Waals surface area contributed by atoms with Crippen LogP contribution in [0.3, 0.4) is 0 Å². The minimum absolute atomic E-state index is 0.246. The lowest BCUT2D eigenvalue weighted by Crippen LogP contribution is -2.29. The molecule has 34 heavy (non-hydrogen) atoms. The van der Waals surface area contributed by atoms with Crippen LogP contribution in [-0.4, -0.2) is 42.8 Å². The van der Waals surface area contributed by atoms with Gasteiger partial charge in [-0.3, -0.25) is 19.0 Å². The van der Waals surface area contributed by atoms with E-state index in [0.717, 1.165) is 36.3 Å².